The quantitative estimate of drug-likeness (QED) is 0.815. The Labute approximate surface area is 160 Å². The van der Waals surface area contributed by atoms with E-state index in [2.05, 4.69) is 34.3 Å². The number of benzene rings is 2. The fourth-order valence-electron chi connectivity index (χ4n) is 2.89. The van der Waals surface area contributed by atoms with Crippen molar-refractivity contribution in [3.8, 4) is 0 Å². The lowest BCUT2D eigenvalue weighted by atomic mass is 10.1. The maximum atomic E-state index is 12.0. The van der Waals surface area contributed by atoms with Crippen molar-refractivity contribution in [3.05, 3.63) is 70.8 Å². The van der Waals surface area contributed by atoms with Crippen molar-refractivity contribution in [2.24, 2.45) is 0 Å². The number of carbonyl (C=O) groups excluding carboxylic acids is 1. The molecule has 1 amide bonds. The zero-order valence-electron chi connectivity index (χ0n) is 15.0. The van der Waals surface area contributed by atoms with Crippen LogP contribution >= 0.6 is 11.6 Å². The lowest BCUT2D eigenvalue weighted by Gasteiger charge is -2.32. The molecule has 1 aliphatic rings. The van der Waals surface area contributed by atoms with Crippen molar-refractivity contribution >= 4 is 29.3 Å². The summed E-state index contributed by atoms with van der Waals surface area (Å²) in [5.41, 5.74) is 3.01. The molecule has 1 N–H and O–H groups in total. The van der Waals surface area contributed by atoms with E-state index in [4.69, 9.17) is 11.6 Å². The molecule has 4 nitrogen and oxygen atoms in total. The highest BCUT2D eigenvalue weighted by atomic mass is 35.5. The van der Waals surface area contributed by atoms with Gasteiger partial charge in [-0.3, -0.25) is 9.69 Å². The van der Waals surface area contributed by atoms with Crippen LogP contribution in [0.3, 0.4) is 0 Å². The summed E-state index contributed by atoms with van der Waals surface area (Å²) in [6.45, 7) is 5.40. The fourth-order valence-corrected chi connectivity index (χ4v) is 3.01. The fraction of sp³-hybridized carbons (Fsp3) is 0.286. The van der Waals surface area contributed by atoms with Crippen molar-refractivity contribution in [3.63, 3.8) is 0 Å². The molecule has 1 saturated heterocycles. The van der Waals surface area contributed by atoms with Gasteiger partial charge < -0.3 is 10.2 Å². The van der Waals surface area contributed by atoms with E-state index >= 15 is 0 Å². The van der Waals surface area contributed by atoms with Crippen LogP contribution in [0.1, 0.15) is 11.1 Å². The highest BCUT2D eigenvalue weighted by Gasteiger charge is 2.13. The molecule has 1 heterocycles. The van der Waals surface area contributed by atoms with E-state index in [1.165, 1.54) is 11.6 Å². The third-order valence-corrected chi connectivity index (χ3v) is 4.77. The zero-order valence-corrected chi connectivity index (χ0v) is 15.7. The Hall–Kier alpha value is -2.14. The van der Waals surface area contributed by atoms with Crippen LogP contribution in [-0.4, -0.2) is 48.9 Å². The van der Waals surface area contributed by atoms with Crippen molar-refractivity contribution in [2.45, 2.75) is 6.54 Å². The van der Waals surface area contributed by atoms with Gasteiger partial charge in [0.25, 0.3) is 0 Å². The average molecular weight is 370 g/mol. The molecular weight excluding hydrogens is 346 g/mol. The van der Waals surface area contributed by atoms with E-state index in [1.807, 2.05) is 24.3 Å². The highest BCUT2D eigenvalue weighted by Crippen LogP contribution is 2.14. The van der Waals surface area contributed by atoms with E-state index in [0.29, 0.717) is 5.02 Å². The van der Waals surface area contributed by atoms with Crippen LogP contribution in [0.15, 0.2) is 54.6 Å². The van der Waals surface area contributed by atoms with Crippen LogP contribution in [0, 0.1) is 0 Å². The molecule has 1 aliphatic heterocycles. The van der Waals surface area contributed by atoms with Gasteiger partial charge in [0.1, 0.15) is 0 Å². The average Bonchev–Trinajstić information content (AvgIpc) is 2.65. The minimum Gasteiger partial charge on any atom is -0.323 e. The predicted molar refractivity (Wildman–Crippen MR) is 108 cm³/mol. The summed E-state index contributed by atoms with van der Waals surface area (Å²) in [5.74, 6) is -0.147. The van der Waals surface area contributed by atoms with Gasteiger partial charge in [0.15, 0.2) is 0 Å². The number of hydrogen-bond acceptors (Lipinski definition) is 3. The first kappa shape index (κ1) is 18.6. The first-order valence-electron chi connectivity index (χ1n) is 8.83. The molecule has 0 aromatic heterocycles. The summed E-state index contributed by atoms with van der Waals surface area (Å²) in [5, 5.41) is 3.57. The van der Waals surface area contributed by atoms with Gasteiger partial charge >= 0.3 is 0 Å². The van der Waals surface area contributed by atoms with Crippen LogP contribution in [0.4, 0.5) is 5.69 Å². The van der Waals surface area contributed by atoms with Gasteiger partial charge in [-0.2, -0.15) is 0 Å². The summed E-state index contributed by atoms with van der Waals surface area (Å²) >= 11 is 5.85. The van der Waals surface area contributed by atoms with Crippen LogP contribution in [0.25, 0.3) is 6.08 Å². The number of nitrogens with zero attached hydrogens (tertiary/aromatic N) is 2. The summed E-state index contributed by atoms with van der Waals surface area (Å²) in [7, 11) is 2.16. The molecule has 136 valence electrons. The Kier molecular flexibility index (Phi) is 6.45. The number of piperazine rings is 1. The molecule has 0 atom stereocenters. The molecule has 0 radical (unpaired) electrons. The molecule has 0 bridgehead atoms. The van der Waals surface area contributed by atoms with E-state index in [0.717, 1.165) is 44.0 Å². The van der Waals surface area contributed by atoms with E-state index in [1.54, 1.807) is 18.2 Å². The number of likely N-dealkylation sites (N-methyl/N-ethyl adjacent to an activating group) is 1. The lowest BCUT2D eigenvalue weighted by molar-refractivity contribution is -0.111. The van der Waals surface area contributed by atoms with Gasteiger partial charge in [-0.1, -0.05) is 35.9 Å². The Balaban J connectivity index is 1.50. The number of rotatable bonds is 5. The molecule has 5 heteroatoms. The Morgan fingerprint density at radius 3 is 2.35 bits per heavy atom. The number of anilines is 1. The first-order chi connectivity index (χ1) is 12.6. The number of carbonyl (C=O) groups is 1. The van der Waals surface area contributed by atoms with Gasteiger partial charge in [0.05, 0.1) is 0 Å². The van der Waals surface area contributed by atoms with Crippen LogP contribution in [0.5, 0.6) is 0 Å². The minimum atomic E-state index is -0.147. The molecule has 1 fully saturated rings. The topological polar surface area (TPSA) is 35.6 Å². The summed E-state index contributed by atoms with van der Waals surface area (Å²) in [4.78, 5) is 16.9. The molecule has 0 spiro atoms. The second-order valence-corrected chi connectivity index (χ2v) is 7.09. The third kappa shape index (κ3) is 5.70. The summed E-state index contributed by atoms with van der Waals surface area (Å²) in [6.07, 6.45) is 3.30. The number of nitrogens with one attached hydrogen (secondary N) is 1. The minimum absolute atomic E-state index is 0.147. The Bertz CT molecular complexity index is 748. The Morgan fingerprint density at radius 2 is 1.69 bits per heavy atom. The van der Waals surface area contributed by atoms with Crippen molar-refractivity contribution in [1.29, 1.82) is 0 Å². The highest BCUT2D eigenvalue weighted by molar-refractivity contribution is 6.30. The maximum Gasteiger partial charge on any atom is 0.248 e. The van der Waals surface area contributed by atoms with Gasteiger partial charge in [0.2, 0.25) is 5.91 Å². The SMILES string of the molecule is CN1CCN(Cc2ccc(NC(=O)/C=C/c3ccc(Cl)cc3)cc2)CC1. The molecule has 0 saturated carbocycles. The number of hydrogen-bond donors (Lipinski definition) is 1. The van der Waals surface area contributed by atoms with Crippen LogP contribution in [0.2, 0.25) is 5.02 Å². The smallest absolute Gasteiger partial charge is 0.248 e. The van der Waals surface area contributed by atoms with Gasteiger partial charge in [0, 0.05) is 49.5 Å². The monoisotopic (exact) mass is 369 g/mol. The normalized spacial score (nSPS) is 16.1. The van der Waals surface area contributed by atoms with Crippen molar-refractivity contribution in [1.82, 2.24) is 9.80 Å². The summed E-state index contributed by atoms with van der Waals surface area (Å²) < 4.78 is 0. The van der Waals surface area contributed by atoms with Gasteiger partial charge in [-0.15, -0.1) is 0 Å². The van der Waals surface area contributed by atoms with E-state index in [9.17, 15) is 4.79 Å². The van der Waals surface area contributed by atoms with E-state index < -0.39 is 0 Å². The van der Waals surface area contributed by atoms with E-state index in [-0.39, 0.29) is 5.91 Å². The third-order valence-electron chi connectivity index (χ3n) is 4.52. The molecule has 2 aromatic rings. The molecule has 26 heavy (non-hydrogen) atoms. The zero-order chi connectivity index (χ0) is 18.4. The molecule has 3 rings (SSSR count). The predicted octanol–water partition coefficient (Wildman–Crippen LogP) is 3.74. The number of amides is 1. The second-order valence-electron chi connectivity index (χ2n) is 6.65. The second kappa shape index (κ2) is 8.99. The molecular formula is C21H24ClN3O. The van der Waals surface area contributed by atoms with Crippen LogP contribution < -0.4 is 5.32 Å². The Morgan fingerprint density at radius 1 is 1.04 bits per heavy atom. The molecule has 0 unspecified atom stereocenters. The molecule has 0 aliphatic carbocycles. The lowest BCUT2D eigenvalue weighted by Crippen LogP contribution is -2.43. The largest absolute Gasteiger partial charge is 0.323 e. The van der Waals surface area contributed by atoms with Crippen molar-refractivity contribution in [2.75, 3.05) is 38.5 Å². The van der Waals surface area contributed by atoms with Crippen molar-refractivity contribution < 1.29 is 4.79 Å². The van der Waals surface area contributed by atoms with Gasteiger partial charge in [-0.25, -0.2) is 0 Å². The standard InChI is InChI=1S/C21H24ClN3O/c1-24-12-14-25(15-13-24)16-18-4-9-20(10-5-18)23-21(26)11-6-17-2-7-19(22)8-3-17/h2-11H,12-16H2,1H3,(H,23,26)/b11-6+. The van der Waals surface area contributed by atoms with Crippen LogP contribution in [-0.2, 0) is 11.3 Å². The van der Waals surface area contributed by atoms with Gasteiger partial charge in [-0.05, 0) is 48.5 Å². The maximum absolute atomic E-state index is 12.0. The first-order valence-corrected chi connectivity index (χ1v) is 9.21. The summed E-state index contributed by atoms with van der Waals surface area (Å²) in [6, 6.07) is 15.4. The molecule has 2 aromatic carbocycles. The number of halogens is 1.